The van der Waals surface area contributed by atoms with Gasteiger partial charge in [-0.3, -0.25) is 4.79 Å². The quantitative estimate of drug-likeness (QED) is 0.830. The minimum Gasteiger partial charge on any atom is -0.345 e. The number of nitrogens with one attached hydrogen (secondary N) is 1. The summed E-state index contributed by atoms with van der Waals surface area (Å²) in [5.41, 5.74) is 0.116. The average molecular weight is 307 g/mol. The maximum Gasteiger partial charge on any atom is 0.253 e. The number of rotatable bonds is 3. The molecule has 0 radical (unpaired) electrons. The molecule has 0 aromatic heterocycles. The van der Waals surface area contributed by atoms with E-state index >= 15 is 0 Å². The molecule has 2 rings (SSSR count). The lowest BCUT2D eigenvalue weighted by Crippen LogP contribution is -2.47. The number of hydrogen-bond donors (Lipinski definition) is 1. The van der Waals surface area contributed by atoms with Crippen molar-refractivity contribution >= 4 is 40.7 Å². The van der Waals surface area contributed by atoms with Gasteiger partial charge in [0, 0.05) is 10.9 Å². The van der Waals surface area contributed by atoms with E-state index in [0.717, 1.165) is 25.7 Å². The van der Waals surface area contributed by atoms with Crippen molar-refractivity contribution in [2.45, 2.75) is 31.2 Å². The summed E-state index contributed by atoms with van der Waals surface area (Å²) in [5, 5.41) is 3.91. The predicted octanol–water partition coefficient (Wildman–Crippen LogP) is 4.27. The molecule has 0 spiro atoms. The lowest BCUT2D eigenvalue weighted by molar-refractivity contribution is 0.0909. The molecule has 1 saturated carbocycles. The molecule has 0 heterocycles. The Hall–Kier alpha value is -0.440. The summed E-state index contributed by atoms with van der Waals surface area (Å²) in [5.74, 6) is 0.224. The molecule has 1 fully saturated rings. The molecular formula is C13H14Cl3NO. The third kappa shape index (κ3) is 2.93. The molecule has 1 aliphatic rings. The van der Waals surface area contributed by atoms with Crippen molar-refractivity contribution in [2.24, 2.45) is 0 Å². The van der Waals surface area contributed by atoms with Crippen LogP contribution in [-0.2, 0) is 0 Å². The van der Waals surface area contributed by atoms with Gasteiger partial charge in [-0.2, -0.15) is 0 Å². The van der Waals surface area contributed by atoms with Gasteiger partial charge in [-0.05, 0) is 31.0 Å². The molecule has 1 amide bonds. The first-order valence-corrected chi connectivity index (χ1v) is 7.19. The second-order valence-electron chi connectivity index (χ2n) is 4.70. The van der Waals surface area contributed by atoms with E-state index in [4.69, 9.17) is 34.8 Å². The molecule has 5 heteroatoms. The maximum absolute atomic E-state index is 12.2. The molecule has 2 nitrogen and oxygen atoms in total. The molecule has 1 aromatic rings. The maximum atomic E-state index is 12.2. The van der Waals surface area contributed by atoms with E-state index in [1.165, 1.54) is 0 Å². The molecule has 0 aliphatic heterocycles. The Bertz CT molecular complexity index is 456. The Kier molecular flexibility index (Phi) is 4.41. The summed E-state index contributed by atoms with van der Waals surface area (Å²) < 4.78 is 0. The van der Waals surface area contributed by atoms with Gasteiger partial charge in [0.05, 0.1) is 16.1 Å². The van der Waals surface area contributed by atoms with Crippen LogP contribution in [0.3, 0.4) is 0 Å². The summed E-state index contributed by atoms with van der Waals surface area (Å²) in [4.78, 5) is 12.2. The summed E-state index contributed by atoms with van der Waals surface area (Å²) in [7, 11) is 0. The molecule has 0 atom stereocenters. The monoisotopic (exact) mass is 305 g/mol. The zero-order valence-corrected chi connectivity index (χ0v) is 12.1. The highest BCUT2D eigenvalue weighted by atomic mass is 35.5. The third-order valence-corrected chi connectivity index (χ3v) is 4.44. The van der Waals surface area contributed by atoms with Crippen molar-refractivity contribution in [3.63, 3.8) is 0 Å². The third-order valence-electron chi connectivity index (χ3n) is 3.37. The van der Waals surface area contributed by atoms with Crippen LogP contribution < -0.4 is 5.32 Å². The second-order valence-corrected chi connectivity index (χ2v) is 5.81. The van der Waals surface area contributed by atoms with Gasteiger partial charge in [0.1, 0.15) is 0 Å². The zero-order chi connectivity index (χ0) is 13.2. The van der Waals surface area contributed by atoms with E-state index in [2.05, 4.69) is 5.32 Å². The largest absolute Gasteiger partial charge is 0.345 e. The van der Waals surface area contributed by atoms with Crippen molar-refractivity contribution in [1.82, 2.24) is 5.32 Å². The highest BCUT2D eigenvalue weighted by Crippen LogP contribution is 2.31. The van der Waals surface area contributed by atoms with E-state index in [9.17, 15) is 4.79 Å². The summed E-state index contributed by atoms with van der Waals surface area (Å²) in [6, 6.07) is 4.87. The molecular weight excluding hydrogens is 293 g/mol. The van der Waals surface area contributed by atoms with E-state index < -0.39 is 0 Å². The first-order chi connectivity index (χ1) is 8.56. The van der Waals surface area contributed by atoms with Crippen LogP contribution in [0.15, 0.2) is 18.2 Å². The van der Waals surface area contributed by atoms with Crippen LogP contribution in [0.25, 0.3) is 0 Å². The zero-order valence-electron chi connectivity index (χ0n) is 9.81. The van der Waals surface area contributed by atoms with E-state index in [-0.39, 0.29) is 11.4 Å². The number of halogens is 3. The van der Waals surface area contributed by atoms with Crippen LogP contribution in [0.1, 0.15) is 36.0 Å². The van der Waals surface area contributed by atoms with E-state index in [1.807, 2.05) is 0 Å². The summed E-state index contributed by atoms with van der Waals surface area (Å²) in [6.07, 6.45) is 4.02. The predicted molar refractivity (Wildman–Crippen MR) is 75.8 cm³/mol. The van der Waals surface area contributed by atoms with Crippen LogP contribution in [0, 0.1) is 0 Å². The summed E-state index contributed by atoms with van der Waals surface area (Å²) >= 11 is 17.9. The van der Waals surface area contributed by atoms with Gasteiger partial charge < -0.3 is 5.32 Å². The molecule has 98 valence electrons. The standard InChI is InChI=1S/C13H14Cl3NO/c14-8-13(5-1-2-6-13)17-12(18)10-7-9(15)3-4-11(10)16/h3-4,7H,1-2,5-6,8H2,(H,17,18). The Balaban J connectivity index is 2.18. The van der Waals surface area contributed by atoms with Crippen LogP contribution in [0.4, 0.5) is 0 Å². The SMILES string of the molecule is O=C(NC1(CCl)CCCC1)c1cc(Cl)ccc1Cl. The van der Waals surface area contributed by atoms with Gasteiger partial charge in [0.25, 0.3) is 5.91 Å². The Morgan fingerprint density at radius 2 is 1.94 bits per heavy atom. The molecule has 1 N–H and O–H groups in total. The molecule has 1 aliphatic carbocycles. The Morgan fingerprint density at radius 1 is 1.28 bits per heavy atom. The van der Waals surface area contributed by atoms with Gasteiger partial charge in [-0.25, -0.2) is 0 Å². The van der Waals surface area contributed by atoms with Crippen molar-refractivity contribution in [2.75, 3.05) is 5.88 Å². The molecule has 18 heavy (non-hydrogen) atoms. The number of carbonyl (C=O) groups is 1. The highest BCUT2D eigenvalue weighted by Gasteiger charge is 2.35. The fourth-order valence-electron chi connectivity index (χ4n) is 2.32. The normalized spacial score (nSPS) is 17.7. The van der Waals surface area contributed by atoms with E-state index in [0.29, 0.717) is 21.5 Å². The Labute approximate surface area is 122 Å². The number of alkyl halides is 1. The minimum absolute atomic E-state index is 0.204. The number of benzene rings is 1. The number of carbonyl (C=O) groups excluding carboxylic acids is 1. The number of amides is 1. The first-order valence-electron chi connectivity index (χ1n) is 5.90. The average Bonchev–Trinajstić information content (AvgIpc) is 2.81. The first kappa shape index (κ1) is 14.0. The molecule has 0 unspecified atom stereocenters. The lowest BCUT2D eigenvalue weighted by atomic mass is 9.99. The van der Waals surface area contributed by atoms with Crippen molar-refractivity contribution in [1.29, 1.82) is 0 Å². The summed E-state index contributed by atoms with van der Waals surface area (Å²) in [6.45, 7) is 0. The van der Waals surface area contributed by atoms with E-state index in [1.54, 1.807) is 18.2 Å². The van der Waals surface area contributed by atoms with Crippen LogP contribution >= 0.6 is 34.8 Å². The Morgan fingerprint density at radius 3 is 2.56 bits per heavy atom. The molecule has 0 bridgehead atoms. The van der Waals surface area contributed by atoms with Crippen LogP contribution in [0.5, 0.6) is 0 Å². The molecule has 0 saturated heterocycles. The van der Waals surface area contributed by atoms with Crippen molar-refractivity contribution in [3.05, 3.63) is 33.8 Å². The fourth-order valence-corrected chi connectivity index (χ4v) is 3.03. The minimum atomic E-state index is -0.287. The van der Waals surface area contributed by atoms with Gasteiger partial charge in [0.2, 0.25) is 0 Å². The topological polar surface area (TPSA) is 29.1 Å². The van der Waals surface area contributed by atoms with Gasteiger partial charge >= 0.3 is 0 Å². The van der Waals surface area contributed by atoms with Gasteiger partial charge in [-0.15, -0.1) is 11.6 Å². The van der Waals surface area contributed by atoms with Gasteiger partial charge in [0.15, 0.2) is 0 Å². The van der Waals surface area contributed by atoms with Crippen LogP contribution in [0.2, 0.25) is 10.0 Å². The van der Waals surface area contributed by atoms with Crippen molar-refractivity contribution in [3.8, 4) is 0 Å². The fraction of sp³-hybridized carbons (Fsp3) is 0.462. The highest BCUT2D eigenvalue weighted by molar-refractivity contribution is 6.35. The van der Waals surface area contributed by atoms with Crippen molar-refractivity contribution < 1.29 is 4.79 Å². The lowest BCUT2D eigenvalue weighted by Gasteiger charge is -2.28. The molecule has 1 aromatic carbocycles. The number of hydrogen-bond acceptors (Lipinski definition) is 1. The van der Waals surface area contributed by atoms with Crippen LogP contribution in [-0.4, -0.2) is 17.3 Å². The van der Waals surface area contributed by atoms with Gasteiger partial charge in [-0.1, -0.05) is 36.0 Å². The smallest absolute Gasteiger partial charge is 0.253 e. The second kappa shape index (κ2) is 5.68.